The number of rotatable bonds is 6. The van der Waals surface area contributed by atoms with E-state index in [1.54, 1.807) is 6.26 Å². The Hall–Kier alpha value is -1.16. The van der Waals surface area contributed by atoms with Crippen LogP contribution in [0, 0.1) is 0 Å². The van der Waals surface area contributed by atoms with E-state index in [-0.39, 0.29) is 12.4 Å². The third-order valence-electron chi connectivity index (χ3n) is 2.52. The molecule has 0 atom stereocenters. The van der Waals surface area contributed by atoms with Gasteiger partial charge in [0.2, 0.25) is 0 Å². The van der Waals surface area contributed by atoms with E-state index in [0.29, 0.717) is 24.7 Å². The molecule has 104 valence electrons. The first-order chi connectivity index (χ1) is 8.79. The van der Waals surface area contributed by atoms with Crippen LogP contribution in [0.4, 0.5) is 0 Å². The fourth-order valence-electron chi connectivity index (χ4n) is 1.72. The van der Waals surface area contributed by atoms with Crippen LogP contribution in [0.1, 0.15) is 18.2 Å². The Labute approximate surface area is 124 Å². The summed E-state index contributed by atoms with van der Waals surface area (Å²) in [4.78, 5) is 0. The number of hydrogen-bond donors (Lipinski definition) is 1. The van der Waals surface area contributed by atoms with Crippen LogP contribution in [-0.4, -0.2) is 6.61 Å². The fourth-order valence-corrected chi connectivity index (χ4v) is 1.91. The van der Waals surface area contributed by atoms with E-state index in [2.05, 4.69) is 5.32 Å². The van der Waals surface area contributed by atoms with E-state index in [1.165, 1.54) is 0 Å². The molecular weight excluding hydrogens is 285 g/mol. The molecule has 19 heavy (non-hydrogen) atoms. The Morgan fingerprint density at radius 1 is 1.26 bits per heavy atom. The molecule has 1 N–H and O–H groups in total. The molecule has 1 aromatic carbocycles. The summed E-state index contributed by atoms with van der Waals surface area (Å²) in [6, 6.07) is 9.47. The molecule has 3 nitrogen and oxygen atoms in total. The van der Waals surface area contributed by atoms with Crippen molar-refractivity contribution in [1.82, 2.24) is 5.32 Å². The van der Waals surface area contributed by atoms with E-state index in [0.717, 1.165) is 17.1 Å². The molecule has 1 aromatic heterocycles. The summed E-state index contributed by atoms with van der Waals surface area (Å²) in [6.45, 7) is 3.99. The van der Waals surface area contributed by atoms with Gasteiger partial charge in [-0.3, -0.25) is 0 Å². The molecular formula is C14H16Cl2NO2-. The Bertz CT molecular complexity index is 486. The normalized spacial score (nSPS) is 10.0. The zero-order valence-electron chi connectivity index (χ0n) is 10.7. The second kappa shape index (κ2) is 8.10. The van der Waals surface area contributed by atoms with Crippen molar-refractivity contribution in [2.45, 2.75) is 20.0 Å². The van der Waals surface area contributed by atoms with Crippen molar-refractivity contribution >= 4 is 11.6 Å². The Morgan fingerprint density at radius 2 is 2.11 bits per heavy atom. The topological polar surface area (TPSA) is 34.4 Å². The zero-order valence-corrected chi connectivity index (χ0v) is 12.2. The lowest BCUT2D eigenvalue weighted by atomic mass is 10.2. The molecule has 0 fully saturated rings. The summed E-state index contributed by atoms with van der Waals surface area (Å²) in [7, 11) is 0. The van der Waals surface area contributed by atoms with E-state index in [1.807, 2.05) is 37.3 Å². The van der Waals surface area contributed by atoms with Gasteiger partial charge in [0.15, 0.2) is 0 Å². The number of furan rings is 1. The first-order valence-corrected chi connectivity index (χ1v) is 6.31. The zero-order chi connectivity index (χ0) is 12.8. The SMILES string of the molecule is CCOc1ccc(Cl)cc1CNCc1ccco1.[Cl-]. The first-order valence-electron chi connectivity index (χ1n) is 5.94. The highest BCUT2D eigenvalue weighted by Gasteiger charge is 2.04. The average Bonchev–Trinajstić information content (AvgIpc) is 2.86. The summed E-state index contributed by atoms with van der Waals surface area (Å²) in [5.74, 6) is 1.78. The van der Waals surface area contributed by atoms with E-state index < -0.39 is 0 Å². The van der Waals surface area contributed by atoms with Gasteiger partial charge in [-0.05, 0) is 37.3 Å². The van der Waals surface area contributed by atoms with Crippen LogP contribution in [0.15, 0.2) is 41.0 Å². The maximum absolute atomic E-state index is 5.99. The van der Waals surface area contributed by atoms with Crippen LogP contribution in [0.5, 0.6) is 5.75 Å². The number of nitrogens with one attached hydrogen (secondary N) is 1. The van der Waals surface area contributed by atoms with Gasteiger partial charge in [0.25, 0.3) is 0 Å². The lowest BCUT2D eigenvalue weighted by molar-refractivity contribution is -0.00000466. The largest absolute Gasteiger partial charge is 1.00 e. The van der Waals surface area contributed by atoms with Crippen molar-refractivity contribution in [3.63, 3.8) is 0 Å². The minimum absolute atomic E-state index is 0. The third-order valence-corrected chi connectivity index (χ3v) is 2.75. The van der Waals surface area contributed by atoms with Crippen LogP contribution < -0.4 is 22.5 Å². The van der Waals surface area contributed by atoms with Crippen molar-refractivity contribution in [2.75, 3.05) is 6.61 Å². The summed E-state index contributed by atoms with van der Waals surface area (Å²) in [6.07, 6.45) is 1.67. The van der Waals surface area contributed by atoms with Crippen molar-refractivity contribution in [3.05, 3.63) is 52.9 Å². The first kappa shape index (κ1) is 15.9. The Balaban J connectivity index is 0.00000180. The molecule has 0 aliphatic carbocycles. The maximum atomic E-state index is 5.99. The smallest absolute Gasteiger partial charge is 0.123 e. The van der Waals surface area contributed by atoms with Crippen molar-refractivity contribution in [1.29, 1.82) is 0 Å². The van der Waals surface area contributed by atoms with E-state index in [9.17, 15) is 0 Å². The molecule has 2 rings (SSSR count). The molecule has 0 radical (unpaired) electrons. The van der Waals surface area contributed by atoms with Gasteiger partial charge in [-0.15, -0.1) is 0 Å². The van der Waals surface area contributed by atoms with Crippen LogP contribution in [-0.2, 0) is 13.1 Å². The molecule has 2 aromatic rings. The molecule has 5 heteroatoms. The number of benzene rings is 1. The fraction of sp³-hybridized carbons (Fsp3) is 0.286. The molecule has 0 amide bonds. The molecule has 0 bridgehead atoms. The lowest BCUT2D eigenvalue weighted by Gasteiger charge is -2.11. The van der Waals surface area contributed by atoms with Gasteiger partial charge < -0.3 is 26.9 Å². The molecule has 0 saturated carbocycles. The highest BCUT2D eigenvalue weighted by atomic mass is 35.5. The molecule has 1 heterocycles. The van der Waals surface area contributed by atoms with Crippen LogP contribution in [0.2, 0.25) is 5.02 Å². The highest BCUT2D eigenvalue weighted by molar-refractivity contribution is 6.30. The Kier molecular flexibility index (Phi) is 6.78. The molecule has 0 unspecified atom stereocenters. The summed E-state index contributed by atoms with van der Waals surface area (Å²) in [5.41, 5.74) is 1.05. The second-order valence-electron chi connectivity index (χ2n) is 3.87. The molecule has 0 aliphatic heterocycles. The molecule has 0 aliphatic rings. The van der Waals surface area contributed by atoms with Crippen LogP contribution >= 0.6 is 11.6 Å². The van der Waals surface area contributed by atoms with Crippen LogP contribution in [0.3, 0.4) is 0 Å². The lowest BCUT2D eigenvalue weighted by Crippen LogP contribution is -3.00. The van der Waals surface area contributed by atoms with Gasteiger partial charge in [-0.2, -0.15) is 0 Å². The van der Waals surface area contributed by atoms with Gasteiger partial charge in [0.1, 0.15) is 11.5 Å². The van der Waals surface area contributed by atoms with Crippen LogP contribution in [0.25, 0.3) is 0 Å². The monoisotopic (exact) mass is 300 g/mol. The minimum atomic E-state index is 0. The van der Waals surface area contributed by atoms with Crippen molar-refractivity contribution in [3.8, 4) is 5.75 Å². The average molecular weight is 301 g/mol. The molecule has 0 spiro atoms. The van der Waals surface area contributed by atoms with Gasteiger partial charge >= 0.3 is 0 Å². The second-order valence-corrected chi connectivity index (χ2v) is 4.30. The minimum Gasteiger partial charge on any atom is -1.00 e. The summed E-state index contributed by atoms with van der Waals surface area (Å²) >= 11 is 5.99. The highest BCUT2D eigenvalue weighted by Crippen LogP contribution is 2.22. The molecule has 0 saturated heterocycles. The maximum Gasteiger partial charge on any atom is 0.123 e. The quantitative estimate of drug-likeness (QED) is 0.850. The predicted octanol–water partition coefficient (Wildman–Crippen LogP) is 0.625. The van der Waals surface area contributed by atoms with Gasteiger partial charge in [-0.1, -0.05) is 11.6 Å². The van der Waals surface area contributed by atoms with Gasteiger partial charge in [0.05, 0.1) is 19.4 Å². The van der Waals surface area contributed by atoms with E-state index in [4.69, 9.17) is 20.8 Å². The summed E-state index contributed by atoms with van der Waals surface area (Å²) in [5, 5.41) is 4.01. The number of hydrogen-bond acceptors (Lipinski definition) is 3. The van der Waals surface area contributed by atoms with Crippen molar-refractivity contribution in [2.24, 2.45) is 0 Å². The summed E-state index contributed by atoms with van der Waals surface area (Å²) < 4.78 is 10.8. The Morgan fingerprint density at radius 3 is 2.79 bits per heavy atom. The number of ether oxygens (including phenoxy) is 1. The standard InChI is InChI=1S/C14H16ClNO2.ClH/c1-2-17-14-6-5-12(15)8-11(14)9-16-10-13-4-3-7-18-13;/h3-8,16H,2,9-10H2,1H3;1H/p-1. The van der Waals surface area contributed by atoms with Crippen molar-refractivity contribution < 1.29 is 21.6 Å². The van der Waals surface area contributed by atoms with Gasteiger partial charge in [0, 0.05) is 17.1 Å². The van der Waals surface area contributed by atoms with Gasteiger partial charge in [-0.25, -0.2) is 0 Å². The predicted molar refractivity (Wildman–Crippen MR) is 71.9 cm³/mol. The third kappa shape index (κ3) is 4.78. The van der Waals surface area contributed by atoms with E-state index >= 15 is 0 Å². The number of halogens is 2.